The van der Waals surface area contributed by atoms with E-state index in [1.54, 1.807) is 12.1 Å². The summed E-state index contributed by atoms with van der Waals surface area (Å²) in [5.41, 5.74) is 2.51. The van der Waals surface area contributed by atoms with E-state index in [1.165, 1.54) is 0 Å². The van der Waals surface area contributed by atoms with E-state index < -0.39 is 0 Å². The number of anilines is 1. The lowest BCUT2D eigenvalue weighted by atomic mass is 10.0. The van der Waals surface area contributed by atoms with Gasteiger partial charge in [-0.2, -0.15) is 0 Å². The van der Waals surface area contributed by atoms with Crippen molar-refractivity contribution >= 4 is 30.0 Å². The molecular formula is C23H29ClN2O4. The normalized spacial score (nSPS) is 13.4. The van der Waals surface area contributed by atoms with Gasteiger partial charge in [-0.3, -0.25) is 4.79 Å². The van der Waals surface area contributed by atoms with Gasteiger partial charge >= 0.3 is 5.97 Å². The Bertz CT molecular complexity index is 829. The second kappa shape index (κ2) is 12.2. The van der Waals surface area contributed by atoms with Crippen LogP contribution < -0.4 is 15.4 Å². The van der Waals surface area contributed by atoms with Gasteiger partial charge in [0.2, 0.25) is 5.91 Å². The maximum atomic E-state index is 11.9. The largest absolute Gasteiger partial charge is 0.493 e. The minimum Gasteiger partial charge on any atom is -0.493 e. The molecule has 1 aliphatic rings. The Kier molecular flexibility index (Phi) is 9.64. The van der Waals surface area contributed by atoms with E-state index in [4.69, 9.17) is 9.47 Å². The number of esters is 1. The second-order valence-corrected chi connectivity index (χ2v) is 7.31. The molecule has 1 heterocycles. The lowest BCUT2D eigenvalue weighted by Gasteiger charge is -2.20. The first-order valence-corrected chi connectivity index (χ1v) is 10.1. The summed E-state index contributed by atoms with van der Waals surface area (Å²) in [7, 11) is 0. The van der Waals surface area contributed by atoms with Crippen LogP contribution in [0.1, 0.15) is 35.7 Å². The number of carbonyl (C=O) groups excluding carboxylic acids is 2. The molecule has 0 saturated carbocycles. The summed E-state index contributed by atoms with van der Waals surface area (Å²) in [5.74, 6) is 0.854. The third kappa shape index (κ3) is 7.04. The number of halogens is 1. The van der Waals surface area contributed by atoms with Gasteiger partial charge in [0.15, 0.2) is 0 Å². The van der Waals surface area contributed by atoms with Gasteiger partial charge in [0, 0.05) is 30.1 Å². The van der Waals surface area contributed by atoms with Gasteiger partial charge in [-0.15, -0.1) is 12.4 Å². The van der Waals surface area contributed by atoms with Crippen molar-refractivity contribution in [2.75, 3.05) is 31.6 Å². The van der Waals surface area contributed by atoms with Crippen LogP contribution in [0.2, 0.25) is 0 Å². The summed E-state index contributed by atoms with van der Waals surface area (Å²) >= 11 is 0. The lowest BCUT2D eigenvalue weighted by molar-refractivity contribution is -0.116. The fraction of sp³-hybridized carbons (Fsp3) is 0.391. The van der Waals surface area contributed by atoms with Crippen LogP contribution in [0.15, 0.2) is 48.5 Å². The van der Waals surface area contributed by atoms with Crippen molar-refractivity contribution in [1.29, 1.82) is 0 Å². The van der Waals surface area contributed by atoms with Crippen LogP contribution in [-0.2, 0) is 16.0 Å². The molecule has 6 nitrogen and oxygen atoms in total. The van der Waals surface area contributed by atoms with Gasteiger partial charge < -0.3 is 20.1 Å². The molecule has 1 unspecified atom stereocenters. The highest BCUT2D eigenvalue weighted by Crippen LogP contribution is 2.31. The van der Waals surface area contributed by atoms with E-state index in [1.807, 2.05) is 43.3 Å². The fourth-order valence-corrected chi connectivity index (χ4v) is 3.19. The fourth-order valence-electron chi connectivity index (χ4n) is 3.19. The minimum absolute atomic E-state index is 0. The van der Waals surface area contributed by atoms with Crippen LogP contribution in [0, 0.1) is 5.92 Å². The number of ether oxygens (including phenoxy) is 2. The predicted octanol–water partition coefficient (Wildman–Crippen LogP) is 3.84. The Hall–Kier alpha value is -2.57. The zero-order chi connectivity index (χ0) is 20.5. The predicted molar refractivity (Wildman–Crippen MR) is 120 cm³/mol. The maximum absolute atomic E-state index is 11.9. The van der Waals surface area contributed by atoms with Crippen LogP contribution in [-0.4, -0.2) is 38.2 Å². The Morgan fingerprint density at radius 3 is 2.73 bits per heavy atom. The number of hydrogen-bond acceptors (Lipinski definition) is 5. The molecule has 0 radical (unpaired) electrons. The molecule has 2 aromatic rings. The molecule has 30 heavy (non-hydrogen) atoms. The molecule has 2 N–H and O–H groups in total. The van der Waals surface area contributed by atoms with E-state index in [9.17, 15) is 9.59 Å². The van der Waals surface area contributed by atoms with Gasteiger partial charge in [-0.05, 0) is 43.7 Å². The van der Waals surface area contributed by atoms with Crippen LogP contribution in [0.4, 0.5) is 5.69 Å². The Balaban J connectivity index is 0.00000320. The van der Waals surface area contributed by atoms with Crippen molar-refractivity contribution in [2.45, 2.75) is 26.2 Å². The van der Waals surface area contributed by atoms with Crippen LogP contribution in [0.25, 0.3) is 0 Å². The number of hydrogen-bond donors (Lipinski definition) is 2. The molecule has 0 saturated heterocycles. The van der Waals surface area contributed by atoms with Gasteiger partial charge in [0.05, 0.1) is 18.8 Å². The SMILES string of the molecule is CC(CNCCCOc1cccc2c1CCC(=O)N2)COC(=O)c1ccccc1.Cl. The topological polar surface area (TPSA) is 76.7 Å². The number of rotatable bonds is 10. The Morgan fingerprint density at radius 1 is 1.13 bits per heavy atom. The number of nitrogens with one attached hydrogen (secondary N) is 2. The molecule has 1 aliphatic heterocycles. The standard InChI is InChI=1S/C23H28N2O4.ClH/c1-17(16-29-23(27)18-7-3-2-4-8-18)15-24-13-6-14-28-21-10-5-9-20-19(21)11-12-22(26)25-20;/h2-5,7-10,17,24H,6,11-16H2,1H3,(H,25,26);1H. The lowest BCUT2D eigenvalue weighted by Crippen LogP contribution is -2.26. The van der Waals surface area contributed by atoms with Crippen molar-refractivity contribution in [3.05, 3.63) is 59.7 Å². The highest BCUT2D eigenvalue weighted by Gasteiger charge is 2.18. The molecule has 2 aromatic carbocycles. The average molecular weight is 433 g/mol. The summed E-state index contributed by atoms with van der Waals surface area (Å²) in [6.07, 6.45) is 2.09. The molecule has 0 aliphatic carbocycles. The van der Waals surface area contributed by atoms with Gasteiger partial charge in [0.1, 0.15) is 5.75 Å². The molecule has 0 spiro atoms. The molecule has 0 bridgehead atoms. The first-order valence-electron chi connectivity index (χ1n) is 10.1. The van der Waals surface area contributed by atoms with Crippen molar-refractivity contribution in [1.82, 2.24) is 5.32 Å². The summed E-state index contributed by atoms with van der Waals surface area (Å²) < 4.78 is 11.3. The molecule has 1 atom stereocenters. The molecule has 0 aromatic heterocycles. The van der Waals surface area contributed by atoms with Crippen molar-refractivity contribution < 1.29 is 19.1 Å². The van der Waals surface area contributed by atoms with Gasteiger partial charge in [0.25, 0.3) is 0 Å². The van der Waals surface area contributed by atoms with E-state index in [-0.39, 0.29) is 30.2 Å². The maximum Gasteiger partial charge on any atom is 0.338 e. The Morgan fingerprint density at radius 2 is 1.93 bits per heavy atom. The average Bonchev–Trinajstić information content (AvgIpc) is 2.74. The summed E-state index contributed by atoms with van der Waals surface area (Å²) in [5, 5.41) is 6.26. The molecule has 162 valence electrons. The number of amides is 1. The number of carbonyl (C=O) groups is 2. The molecule has 7 heteroatoms. The second-order valence-electron chi connectivity index (χ2n) is 7.31. The first-order chi connectivity index (χ1) is 14.1. The van der Waals surface area contributed by atoms with Gasteiger partial charge in [-0.25, -0.2) is 4.79 Å². The zero-order valence-electron chi connectivity index (χ0n) is 17.2. The summed E-state index contributed by atoms with van der Waals surface area (Å²) in [6.45, 7) is 4.64. The third-order valence-corrected chi connectivity index (χ3v) is 4.77. The van der Waals surface area contributed by atoms with Crippen molar-refractivity contribution in [3.8, 4) is 5.75 Å². The quantitative estimate of drug-likeness (QED) is 0.440. The van der Waals surface area contributed by atoms with Crippen LogP contribution in [0.3, 0.4) is 0 Å². The minimum atomic E-state index is -0.284. The Labute approximate surface area is 183 Å². The number of benzene rings is 2. The van der Waals surface area contributed by atoms with E-state index in [0.29, 0.717) is 25.2 Å². The van der Waals surface area contributed by atoms with E-state index >= 15 is 0 Å². The molecule has 0 fully saturated rings. The smallest absolute Gasteiger partial charge is 0.338 e. The highest BCUT2D eigenvalue weighted by atomic mass is 35.5. The first kappa shape index (κ1) is 23.7. The van der Waals surface area contributed by atoms with E-state index in [2.05, 4.69) is 10.6 Å². The van der Waals surface area contributed by atoms with Crippen LogP contribution >= 0.6 is 12.4 Å². The third-order valence-electron chi connectivity index (χ3n) is 4.77. The highest BCUT2D eigenvalue weighted by molar-refractivity contribution is 5.94. The zero-order valence-corrected chi connectivity index (χ0v) is 18.0. The monoisotopic (exact) mass is 432 g/mol. The van der Waals surface area contributed by atoms with Crippen molar-refractivity contribution in [2.24, 2.45) is 5.92 Å². The molecular weight excluding hydrogens is 404 g/mol. The summed E-state index contributed by atoms with van der Waals surface area (Å²) in [4.78, 5) is 23.4. The summed E-state index contributed by atoms with van der Waals surface area (Å²) in [6, 6.07) is 14.8. The van der Waals surface area contributed by atoms with Gasteiger partial charge in [-0.1, -0.05) is 31.2 Å². The number of fused-ring (bicyclic) bond motifs is 1. The van der Waals surface area contributed by atoms with Crippen molar-refractivity contribution in [3.63, 3.8) is 0 Å². The van der Waals surface area contributed by atoms with Crippen LogP contribution in [0.5, 0.6) is 5.75 Å². The van der Waals surface area contributed by atoms with E-state index in [0.717, 1.165) is 42.9 Å². The molecule has 3 rings (SSSR count). The molecule has 1 amide bonds.